The zero-order valence-corrected chi connectivity index (χ0v) is 11.4. The van der Waals surface area contributed by atoms with Crippen LogP contribution in [0, 0.1) is 5.82 Å². The predicted octanol–water partition coefficient (Wildman–Crippen LogP) is 2.84. The van der Waals surface area contributed by atoms with Crippen LogP contribution in [-0.2, 0) is 4.79 Å². The van der Waals surface area contributed by atoms with E-state index in [1.165, 1.54) is 25.0 Å². The molecular weight excluding hydrogens is 243 g/mol. The van der Waals surface area contributed by atoms with Crippen LogP contribution >= 0.6 is 0 Å². The molecular formula is C15H21FN2O. The minimum absolute atomic E-state index is 0.102. The molecule has 1 unspecified atom stereocenters. The Balaban J connectivity index is 1.98. The number of hydrogen-bond acceptors (Lipinski definition) is 2. The smallest absolute Gasteiger partial charge is 0.238 e. The molecule has 3 nitrogen and oxygen atoms in total. The van der Waals surface area contributed by atoms with Gasteiger partial charge in [0.2, 0.25) is 5.91 Å². The molecule has 0 aliphatic carbocycles. The molecule has 2 rings (SSSR count). The number of hydrogen-bond donors (Lipinski definition) is 1. The minimum atomic E-state index is -0.248. The Morgan fingerprint density at radius 1 is 1.26 bits per heavy atom. The van der Waals surface area contributed by atoms with Crippen molar-refractivity contribution in [2.75, 3.05) is 13.1 Å². The highest BCUT2D eigenvalue weighted by atomic mass is 19.1. The number of nitrogens with one attached hydrogen (secondary N) is 1. The fourth-order valence-electron chi connectivity index (χ4n) is 2.45. The van der Waals surface area contributed by atoms with E-state index in [-0.39, 0.29) is 17.9 Å². The topological polar surface area (TPSA) is 32.3 Å². The summed E-state index contributed by atoms with van der Waals surface area (Å²) < 4.78 is 12.9. The number of carbonyl (C=O) groups is 1. The molecule has 0 bridgehead atoms. The largest absolute Gasteiger partial charge is 0.322 e. The normalized spacial score (nSPS) is 19.2. The third-order valence-electron chi connectivity index (χ3n) is 3.52. The number of benzene rings is 1. The van der Waals surface area contributed by atoms with Crippen molar-refractivity contribution >= 4 is 5.91 Å². The lowest BCUT2D eigenvalue weighted by molar-refractivity contribution is -0.128. The zero-order valence-electron chi connectivity index (χ0n) is 11.4. The van der Waals surface area contributed by atoms with E-state index in [0.29, 0.717) is 6.54 Å². The maximum atomic E-state index is 12.9. The third kappa shape index (κ3) is 3.53. The van der Waals surface area contributed by atoms with Gasteiger partial charge in [-0.25, -0.2) is 4.39 Å². The molecule has 1 amide bonds. The summed E-state index contributed by atoms with van der Waals surface area (Å²) in [7, 11) is 0. The molecule has 1 aliphatic rings. The Morgan fingerprint density at radius 3 is 2.68 bits per heavy atom. The molecule has 1 fully saturated rings. The van der Waals surface area contributed by atoms with E-state index >= 15 is 0 Å². The summed E-state index contributed by atoms with van der Waals surface area (Å²) in [6.07, 6.45) is 4.47. The first-order valence-electron chi connectivity index (χ1n) is 7.00. The first-order valence-corrected chi connectivity index (χ1v) is 7.00. The Labute approximate surface area is 113 Å². The maximum Gasteiger partial charge on any atom is 0.238 e. The number of unbranched alkanes of at least 4 members (excludes halogenated alkanes) is 3. The van der Waals surface area contributed by atoms with Crippen molar-refractivity contribution in [1.29, 1.82) is 0 Å². The highest BCUT2D eigenvalue weighted by molar-refractivity contribution is 5.80. The number of nitrogens with zero attached hydrogens (tertiary/aromatic N) is 1. The molecule has 1 aromatic rings. The van der Waals surface area contributed by atoms with Gasteiger partial charge in [-0.3, -0.25) is 10.1 Å². The molecule has 0 saturated carbocycles. The van der Waals surface area contributed by atoms with Gasteiger partial charge < -0.3 is 4.90 Å². The fourth-order valence-corrected chi connectivity index (χ4v) is 2.45. The highest BCUT2D eigenvalue weighted by Gasteiger charge is 2.30. The molecule has 1 aromatic carbocycles. The summed E-state index contributed by atoms with van der Waals surface area (Å²) in [5.74, 6) is -0.117. The summed E-state index contributed by atoms with van der Waals surface area (Å²) in [6, 6.07) is 6.36. The Morgan fingerprint density at radius 2 is 2.00 bits per heavy atom. The maximum absolute atomic E-state index is 12.9. The predicted molar refractivity (Wildman–Crippen MR) is 73.0 cm³/mol. The molecule has 1 atom stereocenters. The Kier molecular flexibility index (Phi) is 4.91. The van der Waals surface area contributed by atoms with Gasteiger partial charge in [-0.05, 0) is 24.1 Å². The number of carbonyl (C=O) groups excluding carboxylic acids is 1. The van der Waals surface area contributed by atoms with Crippen molar-refractivity contribution in [1.82, 2.24) is 10.2 Å². The molecule has 0 radical (unpaired) electrons. The molecule has 0 aromatic heterocycles. The van der Waals surface area contributed by atoms with Gasteiger partial charge in [0.15, 0.2) is 0 Å². The minimum Gasteiger partial charge on any atom is -0.322 e. The van der Waals surface area contributed by atoms with Gasteiger partial charge in [0, 0.05) is 6.54 Å². The number of halogens is 1. The van der Waals surface area contributed by atoms with Crippen LogP contribution in [0.2, 0.25) is 0 Å². The van der Waals surface area contributed by atoms with Crippen LogP contribution in [0.25, 0.3) is 0 Å². The lowest BCUT2D eigenvalue weighted by Gasteiger charge is -2.24. The van der Waals surface area contributed by atoms with Crippen LogP contribution < -0.4 is 5.32 Å². The van der Waals surface area contributed by atoms with Gasteiger partial charge in [0.05, 0.1) is 6.54 Å². The zero-order chi connectivity index (χ0) is 13.7. The van der Waals surface area contributed by atoms with E-state index in [4.69, 9.17) is 0 Å². The second-order valence-electron chi connectivity index (χ2n) is 4.98. The lowest BCUT2D eigenvalue weighted by Crippen LogP contribution is -2.31. The van der Waals surface area contributed by atoms with Crippen molar-refractivity contribution in [2.24, 2.45) is 0 Å². The average Bonchev–Trinajstić information content (AvgIpc) is 2.77. The van der Waals surface area contributed by atoms with Gasteiger partial charge in [-0.15, -0.1) is 0 Å². The molecule has 4 heteroatoms. The van der Waals surface area contributed by atoms with E-state index in [1.807, 2.05) is 4.90 Å². The average molecular weight is 264 g/mol. The lowest BCUT2D eigenvalue weighted by atomic mass is 10.1. The van der Waals surface area contributed by atoms with Gasteiger partial charge in [0.1, 0.15) is 12.0 Å². The third-order valence-corrected chi connectivity index (χ3v) is 3.52. The molecule has 104 valence electrons. The van der Waals surface area contributed by atoms with Crippen molar-refractivity contribution in [3.63, 3.8) is 0 Å². The van der Waals surface area contributed by atoms with Crippen LogP contribution in [0.15, 0.2) is 24.3 Å². The van der Waals surface area contributed by atoms with Crippen LogP contribution in [0.4, 0.5) is 4.39 Å². The van der Waals surface area contributed by atoms with E-state index in [1.54, 1.807) is 12.1 Å². The molecule has 1 heterocycles. The number of rotatable bonds is 6. The molecule has 1 aliphatic heterocycles. The van der Waals surface area contributed by atoms with Crippen LogP contribution in [-0.4, -0.2) is 23.9 Å². The summed E-state index contributed by atoms with van der Waals surface area (Å²) in [5.41, 5.74) is 0.947. The molecule has 19 heavy (non-hydrogen) atoms. The SMILES string of the molecule is CCCCCCN1C(=O)CNC1c1ccc(F)cc1. The van der Waals surface area contributed by atoms with E-state index in [9.17, 15) is 9.18 Å². The second kappa shape index (κ2) is 6.66. The molecule has 1 N–H and O–H groups in total. The van der Waals surface area contributed by atoms with Gasteiger partial charge in [0.25, 0.3) is 0 Å². The summed E-state index contributed by atoms with van der Waals surface area (Å²) in [5, 5.41) is 3.19. The van der Waals surface area contributed by atoms with Gasteiger partial charge >= 0.3 is 0 Å². The first kappa shape index (κ1) is 14.0. The Bertz CT molecular complexity index is 419. The van der Waals surface area contributed by atoms with Gasteiger partial charge in [-0.2, -0.15) is 0 Å². The molecule has 0 spiro atoms. The van der Waals surface area contributed by atoms with E-state index < -0.39 is 0 Å². The fraction of sp³-hybridized carbons (Fsp3) is 0.533. The van der Waals surface area contributed by atoms with Crippen LogP contribution in [0.1, 0.15) is 44.3 Å². The first-order chi connectivity index (χ1) is 9.22. The number of amides is 1. The van der Waals surface area contributed by atoms with Gasteiger partial charge in [-0.1, -0.05) is 38.3 Å². The molecule has 1 saturated heterocycles. The Hall–Kier alpha value is -1.42. The van der Waals surface area contributed by atoms with Crippen molar-refractivity contribution < 1.29 is 9.18 Å². The highest BCUT2D eigenvalue weighted by Crippen LogP contribution is 2.23. The van der Waals surface area contributed by atoms with Crippen molar-refractivity contribution in [3.05, 3.63) is 35.6 Å². The van der Waals surface area contributed by atoms with Crippen molar-refractivity contribution in [3.8, 4) is 0 Å². The summed E-state index contributed by atoms with van der Waals surface area (Å²) in [6.45, 7) is 3.31. The van der Waals surface area contributed by atoms with E-state index in [2.05, 4.69) is 12.2 Å². The second-order valence-corrected chi connectivity index (χ2v) is 4.98. The summed E-state index contributed by atoms with van der Waals surface area (Å²) >= 11 is 0. The summed E-state index contributed by atoms with van der Waals surface area (Å²) in [4.78, 5) is 13.7. The monoisotopic (exact) mass is 264 g/mol. The van der Waals surface area contributed by atoms with Crippen molar-refractivity contribution in [2.45, 2.75) is 38.8 Å². The van der Waals surface area contributed by atoms with Crippen LogP contribution in [0.5, 0.6) is 0 Å². The van der Waals surface area contributed by atoms with Crippen LogP contribution in [0.3, 0.4) is 0 Å². The standard InChI is InChI=1S/C15H21FN2O/c1-2-3-4-5-10-18-14(19)11-17-15(18)12-6-8-13(16)9-7-12/h6-9,15,17H,2-5,10-11H2,1H3. The quantitative estimate of drug-likeness (QED) is 0.801. The van der Waals surface area contributed by atoms with E-state index in [0.717, 1.165) is 24.9 Å².